The van der Waals surface area contributed by atoms with Crippen molar-refractivity contribution >= 4 is 9.84 Å². The summed E-state index contributed by atoms with van der Waals surface area (Å²) in [5, 5.41) is -0.161. The lowest BCUT2D eigenvalue weighted by Gasteiger charge is -2.38. The maximum Gasteiger partial charge on any atom is 0.151 e. The summed E-state index contributed by atoms with van der Waals surface area (Å²) in [6, 6.07) is 0.722. The normalized spacial score (nSPS) is 36.2. The molecule has 0 radical (unpaired) electrons. The molecule has 0 amide bonds. The third-order valence-electron chi connectivity index (χ3n) is 5.11. The Bertz CT molecular complexity index is 396. The standard InChI is InChI=1S/C14H28N2O2S/c1-3-16(12-7-4-6-11(12)10-15)13-8-5-9-14(13)19(2,17)18/h11-14H,3-10,15H2,1-2H3. The molecule has 0 saturated heterocycles. The van der Waals surface area contributed by atoms with Crippen LogP contribution in [0.15, 0.2) is 0 Å². The van der Waals surface area contributed by atoms with E-state index in [-0.39, 0.29) is 11.3 Å². The minimum atomic E-state index is -2.93. The first-order valence-corrected chi connectivity index (χ1v) is 9.59. The fourth-order valence-electron chi connectivity index (χ4n) is 4.23. The zero-order chi connectivity index (χ0) is 14.0. The number of hydrogen-bond donors (Lipinski definition) is 1. The molecule has 4 unspecified atom stereocenters. The lowest BCUT2D eigenvalue weighted by atomic mass is 10.00. The topological polar surface area (TPSA) is 63.4 Å². The van der Waals surface area contributed by atoms with Crippen LogP contribution in [-0.4, -0.2) is 50.0 Å². The molecule has 2 fully saturated rings. The summed E-state index contributed by atoms with van der Waals surface area (Å²) in [5.41, 5.74) is 5.89. The summed E-state index contributed by atoms with van der Waals surface area (Å²) in [4.78, 5) is 2.46. The quantitative estimate of drug-likeness (QED) is 0.830. The first kappa shape index (κ1) is 15.3. The molecule has 4 nitrogen and oxygen atoms in total. The van der Waals surface area contributed by atoms with Gasteiger partial charge in [0.05, 0.1) is 5.25 Å². The molecule has 0 aromatic heterocycles. The number of sulfone groups is 1. The molecule has 2 aliphatic rings. The van der Waals surface area contributed by atoms with Crippen molar-refractivity contribution in [2.75, 3.05) is 19.3 Å². The van der Waals surface area contributed by atoms with Crippen molar-refractivity contribution in [3.05, 3.63) is 0 Å². The van der Waals surface area contributed by atoms with Crippen LogP contribution in [0.4, 0.5) is 0 Å². The Morgan fingerprint density at radius 2 is 1.74 bits per heavy atom. The highest BCUT2D eigenvalue weighted by Crippen LogP contribution is 2.36. The highest BCUT2D eigenvalue weighted by molar-refractivity contribution is 7.91. The molecule has 0 bridgehead atoms. The Hall–Kier alpha value is -0.130. The lowest BCUT2D eigenvalue weighted by Crippen LogP contribution is -2.50. The Kier molecular flexibility index (Phi) is 4.90. The van der Waals surface area contributed by atoms with Gasteiger partial charge in [0.2, 0.25) is 0 Å². The van der Waals surface area contributed by atoms with Crippen LogP contribution in [0.1, 0.15) is 45.4 Å². The maximum atomic E-state index is 12.0. The molecule has 112 valence electrons. The highest BCUT2D eigenvalue weighted by Gasteiger charge is 2.42. The van der Waals surface area contributed by atoms with E-state index < -0.39 is 9.84 Å². The molecule has 0 aromatic rings. The van der Waals surface area contributed by atoms with Gasteiger partial charge in [0.25, 0.3) is 0 Å². The van der Waals surface area contributed by atoms with Crippen LogP contribution in [0.25, 0.3) is 0 Å². The van der Waals surface area contributed by atoms with E-state index in [2.05, 4.69) is 11.8 Å². The summed E-state index contributed by atoms with van der Waals surface area (Å²) in [6.07, 6.45) is 7.92. The van der Waals surface area contributed by atoms with Gasteiger partial charge in [0.15, 0.2) is 9.84 Å². The maximum absolute atomic E-state index is 12.0. The van der Waals surface area contributed by atoms with Gasteiger partial charge < -0.3 is 5.73 Å². The first-order valence-electron chi connectivity index (χ1n) is 7.63. The van der Waals surface area contributed by atoms with E-state index in [1.165, 1.54) is 25.5 Å². The molecule has 2 aliphatic carbocycles. The van der Waals surface area contributed by atoms with Crippen LogP contribution in [-0.2, 0) is 9.84 Å². The molecule has 5 heteroatoms. The zero-order valence-electron chi connectivity index (χ0n) is 12.2. The van der Waals surface area contributed by atoms with Gasteiger partial charge in [-0.25, -0.2) is 8.42 Å². The van der Waals surface area contributed by atoms with Crippen molar-refractivity contribution in [2.24, 2.45) is 11.7 Å². The summed E-state index contributed by atoms with van der Waals surface area (Å²) >= 11 is 0. The highest BCUT2D eigenvalue weighted by atomic mass is 32.2. The SMILES string of the molecule is CCN(C1CCCC1CN)C1CCCC1S(C)(=O)=O. The monoisotopic (exact) mass is 288 g/mol. The average Bonchev–Trinajstić information content (AvgIpc) is 2.97. The summed E-state index contributed by atoms with van der Waals surface area (Å²) in [6.45, 7) is 3.83. The predicted octanol–water partition coefficient (Wildman–Crippen LogP) is 1.40. The van der Waals surface area contributed by atoms with Gasteiger partial charge >= 0.3 is 0 Å². The van der Waals surface area contributed by atoms with E-state index in [0.717, 1.165) is 32.4 Å². The Morgan fingerprint density at radius 3 is 2.32 bits per heavy atom. The summed E-state index contributed by atoms with van der Waals surface area (Å²) in [7, 11) is -2.93. The fourth-order valence-corrected chi connectivity index (χ4v) is 5.69. The van der Waals surface area contributed by atoms with E-state index in [1.807, 2.05) is 0 Å². The third kappa shape index (κ3) is 3.14. The minimum absolute atomic E-state index is 0.161. The molecule has 2 N–H and O–H groups in total. The Morgan fingerprint density at radius 1 is 1.11 bits per heavy atom. The van der Waals surface area contributed by atoms with Crippen molar-refractivity contribution in [3.8, 4) is 0 Å². The van der Waals surface area contributed by atoms with Crippen LogP contribution >= 0.6 is 0 Å². The van der Waals surface area contributed by atoms with Gasteiger partial charge in [-0.2, -0.15) is 0 Å². The van der Waals surface area contributed by atoms with Crippen LogP contribution in [0.5, 0.6) is 0 Å². The van der Waals surface area contributed by atoms with E-state index in [4.69, 9.17) is 5.73 Å². The molecule has 0 aliphatic heterocycles. The Balaban J connectivity index is 2.17. The average molecular weight is 288 g/mol. The smallest absolute Gasteiger partial charge is 0.151 e. The van der Waals surface area contributed by atoms with Gasteiger partial charge in [-0.15, -0.1) is 0 Å². The van der Waals surface area contributed by atoms with E-state index in [1.54, 1.807) is 0 Å². The van der Waals surface area contributed by atoms with Crippen molar-refractivity contribution in [1.82, 2.24) is 4.90 Å². The van der Waals surface area contributed by atoms with Gasteiger partial charge in [-0.3, -0.25) is 4.90 Å². The summed E-state index contributed by atoms with van der Waals surface area (Å²) < 4.78 is 24.0. The van der Waals surface area contributed by atoms with E-state index in [0.29, 0.717) is 12.0 Å². The molecule has 2 rings (SSSR count). The summed E-state index contributed by atoms with van der Waals surface area (Å²) in [5.74, 6) is 0.556. The van der Waals surface area contributed by atoms with Crippen LogP contribution < -0.4 is 5.73 Å². The molecule has 2 saturated carbocycles. The molecule has 19 heavy (non-hydrogen) atoms. The van der Waals surface area contributed by atoms with Crippen molar-refractivity contribution in [1.29, 1.82) is 0 Å². The van der Waals surface area contributed by atoms with Crippen molar-refractivity contribution < 1.29 is 8.42 Å². The van der Waals surface area contributed by atoms with Crippen LogP contribution in [0, 0.1) is 5.92 Å². The second-order valence-electron chi connectivity index (χ2n) is 6.19. The predicted molar refractivity (Wildman–Crippen MR) is 78.8 cm³/mol. The van der Waals surface area contributed by atoms with E-state index in [9.17, 15) is 8.42 Å². The number of rotatable bonds is 5. The molecule has 4 atom stereocenters. The van der Waals surface area contributed by atoms with Crippen molar-refractivity contribution in [2.45, 2.75) is 62.8 Å². The molecule has 0 spiro atoms. The minimum Gasteiger partial charge on any atom is -0.330 e. The molecule has 0 aromatic carbocycles. The Labute approximate surface area is 117 Å². The second kappa shape index (κ2) is 6.10. The largest absolute Gasteiger partial charge is 0.330 e. The number of hydrogen-bond acceptors (Lipinski definition) is 4. The van der Waals surface area contributed by atoms with Gasteiger partial charge in [-0.1, -0.05) is 19.8 Å². The third-order valence-corrected chi connectivity index (χ3v) is 6.76. The van der Waals surface area contributed by atoms with Gasteiger partial charge in [-0.05, 0) is 44.7 Å². The molecular formula is C14H28N2O2S. The van der Waals surface area contributed by atoms with Crippen molar-refractivity contribution in [3.63, 3.8) is 0 Å². The fraction of sp³-hybridized carbons (Fsp3) is 1.00. The van der Waals surface area contributed by atoms with Crippen LogP contribution in [0.2, 0.25) is 0 Å². The molecule has 0 heterocycles. The molecular weight excluding hydrogens is 260 g/mol. The number of nitrogens with zero attached hydrogens (tertiary/aromatic N) is 1. The second-order valence-corrected chi connectivity index (χ2v) is 8.46. The first-order chi connectivity index (χ1) is 8.99. The lowest BCUT2D eigenvalue weighted by molar-refractivity contribution is 0.118. The number of nitrogens with two attached hydrogens (primary N) is 1. The van der Waals surface area contributed by atoms with Gasteiger partial charge in [0.1, 0.15) is 0 Å². The zero-order valence-corrected chi connectivity index (χ0v) is 13.0. The van der Waals surface area contributed by atoms with Gasteiger partial charge in [0, 0.05) is 18.3 Å². The van der Waals surface area contributed by atoms with Crippen LogP contribution in [0.3, 0.4) is 0 Å². The van der Waals surface area contributed by atoms with E-state index >= 15 is 0 Å².